The molecule has 0 fully saturated rings. The molecule has 0 saturated carbocycles. The Hall–Kier alpha value is -2.60. The van der Waals surface area contributed by atoms with Gasteiger partial charge in [-0.1, -0.05) is 17.7 Å². The smallest absolute Gasteiger partial charge is 0.272 e. The Morgan fingerprint density at radius 2 is 2.04 bits per heavy atom. The zero-order valence-corrected chi connectivity index (χ0v) is 16.5. The van der Waals surface area contributed by atoms with Crippen molar-refractivity contribution < 1.29 is 4.74 Å². The number of thiophene rings is 1. The van der Waals surface area contributed by atoms with Crippen LogP contribution in [0.1, 0.15) is 31.2 Å². The molecule has 26 heavy (non-hydrogen) atoms. The highest BCUT2D eigenvalue weighted by Gasteiger charge is 2.13. The number of hydrogen-bond acceptors (Lipinski definition) is 5. The SMILES string of the molecule is COc1cccc(CNc2nc3cc(C(C)=C(C)C)sc3c(=O)n2C)c1. The van der Waals surface area contributed by atoms with Crippen LogP contribution in [0.5, 0.6) is 5.75 Å². The van der Waals surface area contributed by atoms with E-state index in [1.165, 1.54) is 22.5 Å². The zero-order valence-electron chi connectivity index (χ0n) is 15.7. The van der Waals surface area contributed by atoms with E-state index in [-0.39, 0.29) is 5.56 Å². The normalized spacial score (nSPS) is 10.8. The number of methoxy groups -OCH3 is 1. The Morgan fingerprint density at radius 3 is 2.73 bits per heavy atom. The van der Waals surface area contributed by atoms with Gasteiger partial charge in [-0.25, -0.2) is 4.98 Å². The van der Waals surface area contributed by atoms with E-state index in [1.807, 2.05) is 30.3 Å². The lowest BCUT2D eigenvalue weighted by molar-refractivity contribution is 0.414. The standard InChI is InChI=1S/C20H23N3O2S/c1-12(2)13(3)17-10-16-18(26-17)19(24)23(4)20(22-16)21-11-14-7-6-8-15(9-14)25-5/h6-10H,11H2,1-5H3,(H,21,22). The molecule has 1 N–H and O–H groups in total. The fourth-order valence-electron chi connectivity index (χ4n) is 2.61. The van der Waals surface area contributed by atoms with E-state index in [4.69, 9.17) is 4.74 Å². The summed E-state index contributed by atoms with van der Waals surface area (Å²) in [6, 6.07) is 9.82. The third-order valence-corrected chi connectivity index (χ3v) is 5.69. The van der Waals surface area contributed by atoms with Gasteiger partial charge in [0.1, 0.15) is 10.4 Å². The molecule has 0 saturated heterocycles. The highest BCUT2D eigenvalue weighted by Crippen LogP contribution is 2.29. The summed E-state index contributed by atoms with van der Waals surface area (Å²) in [6.07, 6.45) is 0. The number of nitrogens with one attached hydrogen (secondary N) is 1. The number of allylic oxidation sites excluding steroid dienone is 2. The van der Waals surface area contributed by atoms with Gasteiger partial charge < -0.3 is 10.1 Å². The van der Waals surface area contributed by atoms with E-state index < -0.39 is 0 Å². The second-order valence-electron chi connectivity index (χ2n) is 6.45. The zero-order chi connectivity index (χ0) is 18.8. The van der Waals surface area contributed by atoms with Crippen LogP contribution in [0.3, 0.4) is 0 Å². The Kier molecular flexibility index (Phi) is 5.13. The molecule has 0 bridgehead atoms. The van der Waals surface area contributed by atoms with Crippen molar-refractivity contribution in [1.82, 2.24) is 9.55 Å². The molecule has 0 aliphatic heterocycles. The summed E-state index contributed by atoms with van der Waals surface area (Å²) in [6.45, 7) is 6.79. The van der Waals surface area contributed by atoms with Gasteiger partial charge in [0, 0.05) is 18.5 Å². The molecule has 2 aromatic heterocycles. The average molecular weight is 369 g/mol. The van der Waals surface area contributed by atoms with E-state index >= 15 is 0 Å². The summed E-state index contributed by atoms with van der Waals surface area (Å²) in [5.41, 5.74) is 4.21. The molecule has 5 nitrogen and oxygen atoms in total. The lowest BCUT2D eigenvalue weighted by Crippen LogP contribution is -2.21. The maximum Gasteiger partial charge on any atom is 0.272 e. The molecule has 136 valence electrons. The molecule has 0 unspecified atom stereocenters. The van der Waals surface area contributed by atoms with Crippen LogP contribution in [-0.2, 0) is 13.6 Å². The maximum atomic E-state index is 12.7. The Labute approximate surface area is 157 Å². The molecule has 0 spiro atoms. The van der Waals surface area contributed by atoms with Gasteiger partial charge in [0.05, 0.1) is 12.6 Å². The topological polar surface area (TPSA) is 56.1 Å². The monoisotopic (exact) mass is 369 g/mol. The molecule has 3 aromatic rings. The quantitative estimate of drug-likeness (QED) is 0.723. The summed E-state index contributed by atoms with van der Waals surface area (Å²) >= 11 is 1.50. The number of benzene rings is 1. The van der Waals surface area contributed by atoms with Crippen LogP contribution in [0.4, 0.5) is 5.95 Å². The van der Waals surface area contributed by atoms with Crippen LogP contribution in [0.15, 0.2) is 40.7 Å². The molecule has 0 atom stereocenters. The van der Waals surface area contributed by atoms with E-state index in [1.54, 1.807) is 18.7 Å². The number of nitrogens with zero attached hydrogens (tertiary/aromatic N) is 2. The van der Waals surface area contributed by atoms with Crippen LogP contribution in [-0.4, -0.2) is 16.7 Å². The number of hydrogen-bond donors (Lipinski definition) is 1. The number of rotatable bonds is 5. The van der Waals surface area contributed by atoms with Crippen LogP contribution in [0.2, 0.25) is 0 Å². The minimum Gasteiger partial charge on any atom is -0.497 e. The predicted octanol–water partition coefficient (Wildman–Crippen LogP) is 4.43. The second kappa shape index (κ2) is 7.33. The van der Waals surface area contributed by atoms with Crippen molar-refractivity contribution in [3.8, 4) is 5.75 Å². The highest BCUT2D eigenvalue weighted by molar-refractivity contribution is 7.19. The molecular formula is C20H23N3O2S. The largest absolute Gasteiger partial charge is 0.497 e. The summed E-state index contributed by atoms with van der Waals surface area (Å²) < 4.78 is 7.51. The van der Waals surface area contributed by atoms with Gasteiger partial charge in [-0.3, -0.25) is 9.36 Å². The summed E-state index contributed by atoms with van der Waals surface area (Å²) in [5, 5.41) is 3.26. The molecule has 0 aliphatic carbocycles. The van der Waals surface area contributed by atoms with Crippen LogP contribution >= 0.6 is 11.3 Å². The number of aromatic nitrogens is 2. The van der Waals surface area contributed by atoms with Crippen molar-refractivity contribution >= 4 is 33.1 Å². The van der Waals surface area contributed by atoms with E-state index in [0.29, 0.717) is 17.2 Å². The Bertz CT molecular complexity index is 1040. The van der Waals surface area contributed by atoms with Gasteiger partial charge in [-0.05, 0) is 50.1 Å². The Morgan fingerprint density at radius 1 is 1.27 bits per heavy atom. The van der Waals surface area contributed by atoms with Crippen molar-refractivity contribution in [2.45, 2.75) is 27.3 Å². The fourth-order valence-corrected chi connectivity index (χ4v) is 3.79. The van der Waals surface area contributed by atoms with E-state index in [2.05, 4.69) is 31.1 Å². The third-order valence-electron chi connectivity index (χ3n) is 4.46. The summed E-state index contributed by atoms with van der Waals surface area (Å²) in [7, 11) is 3.39. The highest BCUT2D eigenvalue weighted by atomic mass is 32.1. The average Bonchev–Trinajstić information content (AvgIpc) is 3.07. The van der Waals surface area contributed by atoms with Crippen LogP contribution in [0, 0.1) is 0 Å². The summed E-state index contributed by atoms with van der Waals surface area (Å²) in [4.78, 5) is 18.5. The van der Waals surface area contributed by atoms with Crippen molar-refractivity contribution in [1.29, 1.82) is 0 Å². The van der Waals surface area contributed by atoms with Crippen molar-refractivity contribution in [2.24, 2.45) is 7.05 Å². The van der Waals surface area contributed by atoms with E-state index in [9.17, 15) is 4.79 Å². The molecule has 2 heterocycles. The van der Waals surface area contributed by atoms with Gasteiger partial charge >= 0.3 is 0 Å². The first-order valence-electron chi connectivity index (χ1n) is 8.42. The molecule has 0 amide bonds. The molecule has 0 radical (unpaired) electrons. The summed E-state index contributed by atoms with van der Waals surface area (Å²) in [5.74, 6) is 1.37. The first-order valence-corrected chi connectivity index (χ1v) is 9.24. The molecular weight excluding hydrogens is 346 g/mol. The van der Waals surface area contributed by atoms with Crippen LogP contribution < -0.4 is 15.6 Å². The van der Waals surface area contributed by atoms with Gasteiger partial charge in [0.15, 0.2) is 0 Å². The maximum absolute atomic E-state index is 12.7. The first-order chi connectivity index (χ1) is 12.4. The molecule has 3 rings (SSSR count). The fraction of sp³-hybridized carbons (Fsp3) is 0.300. The van der Waals surface area contributed by atoms with Crippen molar-refractivity contribution in [3.63, 3.8) is 0 Å². The number of fused-ring (bicyclic) bond motifs is 1. The molecule has 6 heteroatoms. The number of ether oxygens (including phenoxy) is 1. The second-order valence-corrected chi connectivity index (χ2v) is 7.51. The van der Waals surface area contributed by atoms with Gasteiger partial charge in [-0.2, -0.15) is 0 Å². The lowest BCUT2D eigenvalue weighted by atomic mass is 10.1. The first kappa shape index (κ1) is 18.2. The number of anilines is 1. The predicted molar refractivity (Wildman–Crippen MR) is 109 cm³/mol. The van der Waals surface area contributed by atoms with Crippen molar-refractivity contribution in [3.05, 3.63) is 56.7 Å². The van der Waals surface area contributed by atoms with Crippen LogP contribution in [0.25, 0.3) is 15.8 Å². The Balaban J connectivity index is 1.95. The molecule has 1 aromatic carbocycles. The lowest BCUT2D eigenvalue weighted by Gasteiger charge is -2.10. The molecule has 0 aliphatic rings. The van der Waals surface area contributed by atoms with Gasteiger partial charge in [-0.15, -0.1) is 11.3 Å². The van der Waals surface area contributed by atoms with Gasteiger partial charge in [0.25, 0.3) is 5.56 Å². The third kappa shape index (κ3) is 3.51. The van der Waals surface area contributed by atoms with Gasteiger partial charge in [0.2, 0.25) is 5.95 Å². The van der Waals surface area contributed by atoms with E-state index in [0.717, 1.165) is 21.7 Å². The minimum atomic E-state index is -0.0269. The van der Waals surface area contributed by atoms with Crippen molar-refractivity contribution in [2.75, 3.05) is 12.4 Å². The minimum absolute atomic E-state index is 0.0269.